The maximum Gasteiger partial charge on any atom is 0.224 e. The molecule has 1 aromatic rings. The zero-order chi connectivity index (χ0) is 16.7. The first kappa shape index (κ1) is 18.1. The van der Waals surface area contributed by atoms with Gasteiger partial charge in [-0.1, -0.05) is 12.8 Å². The molecule has 2 heterocycles. The van der Waals surface area contributed by atoms with Crippen LogP contribution in [0.1, 0.15) is 47.8 Å². The number of amides is 1. The number of hydrogen-bond acceptors (Lipinski definition) is 5. The van der Waals surface area contributed by atoms with Gasteiger partial charge in [0, 0.05) is 13.1 Å². The van der Waals surface area contributed by atoms with Crippen molar-refractivity contribution in [3.63, 3.8) is 0 Å². The second-order valence-corrected chi connectivity index (χ2v) is 7.14. The molecular formula is C17H26N2O3S. The van der Waals surface area contributed by atoms with Gasteiger partial charge in [0.1, 0.15) is 0 Å². The number of carbonyl (C=O) groups is 2. The van der Waals surface area contributed by atoms with Crippen LogP contribution >= 0.6 is 11.3 Å². The summed E-state index contributed by atoms with van der Waals surface area (Å²) in [6, 6.07) is 1.76. The second kappa shape index (κ2) is 9.15. The first-order valence-electron chi connectivity index (χ1n) is 8.30. The molecule has 2 rings (SSSR count). The molecule has 0 radical (unpaired) electrons. The van der Waals surface area contributed by atoms with Gasteiger partial charge in [-0.25, -0.2) is 0 Å². The van der Waals surface area contributed by atoms with E-state index >= 15 is 0 Å². The smallest absolute Gasteiger partial charge is 0.224 e. The predicted molar refractivity (Wildman–Crippen MR) is 92.0 cm³/mol. The van der Waals surface area contributed by atoms with Gasteiger partial charge in [-0.2, -0.15) is 0 Å². The number of rotatable bonds is 7. The van der Waals surface area contributed by atoms with E-state index in [1.54, 1.807) is 6.07 Å². The minimum Gasteiger partial charge on any atom is -0.390 e. The van der Waals surface area contributed by atoms with Crippen LogP contribution in [0.4, 0.5) is 0 Å². The van der Waals surface area contributed by atoms with Gasteiger partial charge in [-0.05, 0) is 49.9 Å². The molecule has 0 saturated carbocycles. The highest BCUT2D eigenvalue weighted by Crippen LogP contribution is 2.15. The minimum atomic E-state index is -0.535. The summed E-state index contributed by atoms with van der Waals surface area (Å²) in [5, 5.41) is 14.7. The first-order valence-corrected chi connectivity index (χ1v) is 9.18. The summed E-state index contributed by atoms with van der Waals surface area (Å²) in [6.45, 7) is 4.49. The molecule has 0 unspecified atom stereocenters. The number of nitrogens with zero attached hydrogens (tertiary/aromatic N) is 1. The van der Waals surface area contributed by atoms with Crippen molar-refractivity contribution in [2.75, 3.05) is 26.2 Å². The maximum atomic E-state index is 11.9. The molecule has 1 aliphatic rings. The molecule has 0 aromatic carbocycles. The molecule has 0 bridgehead atoms. The van der Waals surface area contributed by atoms with Crippen molar-refractivity contribution in [1.82, 2.24) is 10.2 Å². The summed E-state index contributed by atoms with van der Waals surface area (Å²) in [4.78, 5) is 26.1. The van der Waals surface area contributed by atoms with Crippen LogP contribution in [0.3, 0.4) is 0 Å². The average molecular weight is 338 g/mol. The SMILES string of the molecule is CC(=O)c1cc(CC(=O)NC[C@H](O)CN2CCCCCC2)cs1. The van der Waals surface area contributed by atoms with Crippen LogP contribution in [-0.2, 0) is 11.2 Å². The van der Waals surface area contributed by atoms with Crippen molar-refractivity contribution in [2.24, 2.45) is 0 Å². The van der Waals surface area contributed by atoms with Crippen LogP contribution in [0.5, 0.6) is 0 Å². The Balaban J connectivity index is 1.69. The number of Topliss-reactive ketones (excluding diaryl/α,β-unsaturated/α-hetero) is 1. The van der Waals surface area contributed by atoms with Crippen LogP contribution in [0, 0.1) is 0 Å². The lowest BCUT2D eigenvalue weighted by Crippen LogP contribution is -2.40. The Kier molecular flexibility index (Phi) is 7.20. The van der Waals surface area contributed by atoms with Gasteiger partial charge in [0.15, 0.2) is 5.78 Å². The summed E-state index contributed by atoms with van der Waals surface area (Å²) < 4.78 is 0. The molecule has 5 nitrogen and oxygen atoms in total. The van der Waals surface area contributed by atoms with Gasteiger partial charge in [-0.15, -0.1) is 11.3 Å². The minimum absolute atomic E-state index is 0.0227. The fourth-order valence-electron chi connectivity index (χ4n) is 2.81. The van der Waals surface area contributed by atoms with Gasteiger partial charge < -0.3 is 15.3 Å². The van der Waals surface area contributed by atoms with Crippen molar-refractivity contribution in [3.05, 3.63) is 21.9 Å². The number of likely N-dealkylation sites (tertiary alicyclic amines) is 1. The Hall–Kier alpha value is -1.24. The molecule has 1 amide bonds. The molecule has 1 atom stereocenters. The van der Waals surface area contributed by atoms with E-state index in [-0.39, 0.29) is 24.7 Å². The van der Waals surface area contributed by atoms with Crippen LogP contribution in [0.15, 0.2) is 11.4 Å². The summed E-state index contributed by atoms with van der Waals surface area (Å²) >= 11 is 1.36. The number of β-amino-alcohol motifs (C(OH)–C–C–N with tert-alkyl or cyclic N) is 1. The molecule has 1 aliphatic heterocycles. The molecule has 6 heteroatoms. The third-order valence-corrected chi connectivity index (χ3v) is 5.15. The van der Waals surface area contributed by atoms with Gasteiger partial charge in [-0.3, -0.25) is 9.59 Å². The number of thiophene rings is 1. The highest BCUT2D eigenvalue weighted by Gasteiger charge is 2.15. The summed E-state index contributed by atoms with van der Waals surface area (Å²) in [6.07, 6.45) is 4.64. The Morgan fingerprint density at radius 2 is 2.00 bits per heavy atom. The summed E-state index contributed by atoms with van der Waals surface area (Å²) in [7, 11) is 0. The third kappa shape index (κ3) is 6.41. The zero-order valence-electron chi connectivity index (χ0n) is 13.7. The number of nitrogens with one attached hydrogen (secondary N) is 1. The molecule has 0 aliphatic carbocycles. The average Bonchev–Trinajstić information content (AvgIpc) is 2.82. The van der Waals surface area contributed by atoms with E-state index in [1.165, 1.54) is 43.9 Å². The van der Waals surface area contributed by atoms with E-state index in [9.17, 15) is 14.7 Å². The molecular weight excluding hydrogens is 312 g/mol. The molecule has 2 N–H and O–H groups in total. The number of ketones is 1. The van der Waals surface area contributed by atoms with Crippen molar-refractivity contribution in [2.45, 2.75) is 45.1 Å². The largest absolute Gasteiger partial charge is 0.390 e. The van der Waals surface area contributed by atoms with Crippen molar-refractivity contribution >= 4 is 23.0 Å². The predicted octanol–water partition coefficient (Wildman–Crippen LogP) is 1.85. The zero-order valence-corrected chi connectivity index (χ0v) is 14.5. The van der Waals surface area contributed by atoms with E-state index in [4.69, 9.17) is 0 Å². The van der Waals surface area contributed by atoms with E-state index in [0.29, 0.717) is 11.4 Å². The second-order valence-electron chi connectivity index (χ2n) is 6.22. The number of aliphatic hydroxyl groups excluding tert-OH is 1. The number of aliphatic hydroxyl groups is 1. The highest BCUT2D eigenvalue weighted by atomic mass is 32.1. The van der Waals surface area contributed by atoms with E-state index < -0.39 is 6.10 Å². The van der Waals surface area contributed by atoms with Crippen LogP contribution < -0.4 is 5.32 Å². The standard InChI is InChI=1S/C17H26N2O3S/c1-13(20)16-8-14(12-23-16)9-17(22)18-10-15(21)11-19-6-4-2-3-5-7-19/h8,12,15,21H,2-7,9-11H2,1H3,(H,18,22)/t15-/m0/s1. The van der Waals surface area contributed by atoms with E-state index in [2.05, 4.69) is 10.2 Å². The Morgan fingerprint density at radius 3 is 2.61 bits per heavy atom. The maximum absolute atomic E-state index is 11.9. The number of carbonyl (C=O) groups excluding carboxylic acids is 2. The van der Waals surface area contributed by atoms with Crippen LogP contribution in [0.25, 0.3) is 0 Å². The third-order valence-electron chi connectivity index (χ3n) is 4.07. The highest BCUT2D eigenvalue weighted by molar-refractivity contribution is 7.12. The van der Waals surface area contributed by atoms with Crippen molar-refractivity contribution in [1.29, 1.82) is 0 Å². The lowest BCUT2D eigenvalue weighted by molar-refractivity contribution is -0.120. The fraction of sp³-hybridized carbons (Fsp3) is 0.647. The van der Waals surface area contributed by atoms with Gasteiger partial charge in [0.25, 0.3) is 0 Å². The topological polar surface area (TPSA) is 69.6 Å². The summed E-state index contributed by atoms with van der Waals surface area (Å²) in [5.41, 5.74) is 0.847. The molecule has 23 heavy (non-hydrogen) atoms. The van der Waals surface area contributed by atoms with E-state index in [0.717, 1.165) is 18.7 Å². The van der Waals surface area contributed by atoms with Gasteiger partial charge in [0.2, 0.25) is 5.91 Å². The van der Waals surface area contributed by atoms with Gasteiger partial charge in [0.05, 0.1) is 17.4 Å². The first-order chi connectivity index (χ1) is 11.0. The van der Waals surface area contributed by atoms with Crippen LogP contribution in [0.2, 0.25) is 0 Å². The Bertz CT molecular complexity index is 522. The van der Waals surface area contributed by atoms with Crippen LogP contribution in [-0.4, -0.2) is 54.0 Å². The Morgan fingerprint density at radius 1 is 1.30 bits per heavy atom. The van der Waals surface area contributed by atoms with Gasteiger partial charge >= 0.3 is 0 Å². The van der Waals surface area contributed by atoms with Crippen molar-refractivity contribution in [3.8, 4) is 0 Å². The lowest BCUT2D eigenvalue weighted by atomic mass is 10.2. The Labute approximate surface area is 141 Å². The monoisotopic (exact) mass is 338 g/mol. The van der Waals surface area contributed by atoms with Crippen molar-refractivity contribution < 1.29 is 14.7 Å². The number of hydrogen-bond donors (Lipinski definition) is 2. The normalized spacial score (nSPS) is 17.5. The molecule has 1 fully saturated rings. The van der Waals surface area contributed by atoms with E-state index in [1.807, 2.05) is 5.38 Å². The fourth-order valence-corrected chi connectivity index (χ4v) is 3.63. The lowest BCUT2D eigenvalue weighted by Gasteiger charge is -2.23. The summed E-state index contributed by atoms with van der Waals surface area (Å²) in [5.74, 6) is -0.0950. The quantitative estimate of drug-likeness (QED) is 0.745. The molecule has 0 spiro atoms. The molecule has 1 aromatic heterocycles. The molecule has 1 saturated heterocycles. The molecule has 128 valence electrons.